The first-order valence-electron chi connectivity index (χ1n) is 3.36. The maximum Gasteiger partial charge on any atom is 0.169 e. The van der Waals surface area contributed by atoms with Crippen LogP contribution in [0.3, 0.4) is 0 Å². The van der Waals surface area contributed by atoms with Crippen molar-refractivity contribution >= 4 is 0 Å². The third-order valence-corrected chi connectivity index (χ3v) is 1.43. The summed E-state index contributed by atoms with van der Waals surface area (Å²) in [5.41, 5.74) is 0. The van der Waals surface area contributed by atoms with E-state index < -0.39 is 6.10 Å². The van der Waals surface area contributed by atoms with Crippen LogP contribution in [0.4, 0.5) is 0 Å². The van der Waals surface area contributed by atoms with E-state index in [1.54, 1.807) is 7.11 Å². The fraction of sp³-hybridized carbons (Fsp3) is 1.00. The summed E-state index contributed by atoms with van der Waals surface area (Å²) in [6.07, 6.45) is -0.614. The van der Waals surface area contributed by atoms with Crippen molar-refractivity contribution in [2.45, 2.75) is 12.4 Å². The highest BCUT2D eigenvalue weighted by Crippen LogP contribution is 1.97. The Labute approximate surface area is 60.1 Å². The van der Waals surface area contributed by atoms with E-state index in [2.05, 4.69) is 5.32 Å². The van der Waals surface area contributed by atoms with Gasteiger partial charge >= 0.3 is 0 Å². The Balaban J connectivity index is 2.26. The number of ether oxygens (including phenoxy) is 2. The number of rotatable bonds is 1. The van der Waals surface area contributed by atoms with Gasteiger partial charge < -0.3 is 19.9 Å². The number of hydrogen-bond donors (Lipinski definition) is 2. The van der Waals surface area contributed by atoms with E-state index in [9.17, 15) is 0 Å². The van der Waals surface area contributed by atoms with Crippen LogP contribution in [0.25, 0.3) is 0 Å². The second-order valence-corrected chi connectivity index (χ2v) is 2.31. The van der Waals surface area contributed by atoms with E-state index in [-0.39, 0.29) is 6.29 Å². The molecule has 0 spiro atoms. The lowest BCUT2D eigenvalue weighted by Gasteiger charge is -2.11. The lowest BCUT2D eigenvalue weighted by Crippen LogP contribution is -2.29. The lowest BCUT2D eigenvalue weighted by atomic mass is 10.4. The minimum absolute atomic E-state index is 0.211. The molecule has 1 aliphatic rings. The Kier molecular flexibility index (Phi) is 3.08. The monoisotopic (exact) mass is 147 g/mol. The Hall–Kier alpha value is -0.160. The predicted octanol–water partition coefficient (Wildman–Crippen LogP) is -1.06. The molecule has 0 aromatic rings. The second kappa shape index (κ2) is 3.88. The van der Waals surface area contributed by atoms with Crippen LogP contribution in [0, 0.1) is 0 Å². The SMILES string of the molecule is COC1CNCC(O)CO1. The highest BCUT2D eigenvalue weighted by Gasteiger charge is 2.15. The summed E-state index contributed by atoms with van der Waals surface area (Å²) in [7, 11) is 1.59. The molecule has 2 unspecified atom stereocenters. The van der Waals surface area contributed by atoms with Gasteiger partial charge in [0.2, 0.25) is 0 Å². The quantitative estimate of drug-likeness (QED) is 0.496. The zero-order valence-electron chi connectivity index (χ0n) is 6.04. The molecule has 1 heterocycles. The van der Waals surface area contributed by atoms with Crippen LogP contribution in [0.15, 0.2) is 0 Å². The third kappa shape index (κ3) is 2.22. The summed E-state index contributed by atoms with van der Waals surface area (Å²) in [6, 6.07) is 0. The van der Waals surface area contributed by atoms with Gasteiger partial charge in [0.25, 0.3) is 0 Å². The molecule has 4 nitrogen and oxygen atoms in total. The van der Waals surface area contributed by atoms with Crippen molar-refractivity contribution in [1.29, 1.82) is 0 Å². The van der Waals surface area contributed by atoms with E-state index in [1.165, 1.54) is 0 Å². The zero-order valence-corrected chi connectivity index (χ0v) is 6.04. The maximum atomic E-state index is 9.06. The van der Waals surface area contributed by atoms with Crippen LogP contribution in [-0.2, 0) is 9.47 Å². The van der Waals surface area contributed by atoms with Crippen molar-refractivity contribution in [2.24, 2.45) is 0 Å². The number of nitrogens with one attached hydrogen (secondary N) is 1. The van der Waals surface area contributed by atoms with Crippen LogP contribution < -0.4 is 5.32 Å². The zero-order chi connectivity index (χ0) is 7.40. The van der Waals surface area contributed by atoms with E-state index in [0.29, 0.717) is 19.7 Å². The lowest BCUT2D eigenvalue weighted by molar-refractivity contribution is -0.125. The molecule has 1 fully saturated rings. The van der Waals surface area contributed by atoms with Crippen LogP contribution >= 0.6 is 0 Å². The Morgan fingerprint density at radius 1 is 1.60 bits per heavy atom. The van der Waals surface area contributed by atoms with Crippen LogP contribution in [-0.4, -0.2) is 44.3 Å². The molecule has 60 valence electrons. The highest BCUT2D eigenvalue weighted by atomic mass is 16.7. The molecule has 0 bridgehead atoms. The summed E-state index contributed by atoms with van der Waals surface area (Å²) in [5.74, 6) is 0. The molecule has 1 rings (SSSR count). The molecule has 2 N–H and O–H groups in total. The van der Waals surface area contributed by atoms with Crippen LogP contribution in [0.1, 0.15) is 0 Å². The fourth-order valence-corrected chi connectivity index (χ4v) is 0.855. The van der Waals surface area contributed by atoms with Gasteiger partial charge in [0.05, 0.1) is 12.7 Å². The summed E-state index contributed by atoms with van der Waals surface area (Å²) in [4.78, 5) is 0. The van der Waals surface area contributed by atoms with Gasteiger partial charge in [0.1, 0.15) is 0 Å². The average molecular weight is 147 g/mol. The van der Waals surface area contributed by atoms with Crippen molar-refractivity contribution in [3.05, 3.63) is 0 Å². The predicted molar refractivity (Wildman–Crippen MR) is 35.6 cm³/mol. The number of aliphatic hydroxyl groups is 1. The standard InChI is InChI=1S/C6H13NO3/c1-9-6-3-7-2-5(8)4-10-6/h5-8H,2-4H2,1H3. The van der Waals surface area contributed by atoms with Crippen LogP contribution in [0.5, 0.6) is 0 Å². The number of methoxy groups -OCH3 is 1. The fourth-order valence-electron chi connectivity index (χ4n) is 0.855. The van der Waals surface area contributed by atoms with E-state index in [0.717, 1.165) is 0 Å². The highest BCUT2D eigenvalue weighted by molar-refractivity contribution is 4.64. The molecule has 0 aromatic carbocycles. The Bertz CT molecular complexity index is 99.0. The van der Waals surface area contributed by atoms with Gasteiger partial charge in [-0.1, -0.05) is 0 Å². The average Bonchev–Trinajstić information content (AvgIpc) is 2.14. The molecular weight excluding hydrogens is 134 g/mol. The topological polar surface area (TPSA) is 50.7 Å². The van der Waals surface area contributed by atoms with Crippen LogP contribution in [0.2, 0.25) is 0 Å². The van der Waals surface area contributed by atoms with Crippen molar-refractivity contribution in [3.63, 3.8) is 0 Å². The molecule has 0 aromatic heterocycles. The molecule has 0 amide bonds. The van der Waals surface area contributed by atoms with E-state index in [4.69, 9.17) is 14.6 Å². The Morgan fingerprint density at radius 3 is 3.10 bits per heavy atom. The molecule has 1 aliphatic heterocycles. The van der Waals surface area contributed by atoms with Gasteiger partial charge in [-0.25, -0.2) is 0 Å². The summed E-state index contributed by atoms with van der Waals surface area (Å²) in [6.45, 7) is 1.58. The van der Waals surface area contributed by atoms with Gasteiger partial charge in [-0.3, -0.25) is 0 Å². The van der Waals surface area contributed by atoms with Crippen molar-refractivity contribution in [1.82, 2.24) is 5.32 Å². The smallest absolute Gasteiger partial charge is 0.169 e. The first-order chi connectivity index (χ1) is 4.83. The van der Waals surface area contributed by atoms with Gasteiger partial charge in [-0.05, 0) is 0 Å². The van der Waals surface area contributed by atoms with Crippen molar-refractivity contribution in [2.75, 3.05) is 26.8 Å². The summed E-state index contributed by atoms with van der Waals surface area (Å²) < 4.78 is 10.1. The van der Waals surface area contributed by atoms with E-state index >= 15 is 0 Å². The molecule has 0 radical (unpaired) electrons. The summed E-state index contributed by atoms with van der Waals surface area (Å²) >= 11 is 0. The second-order valence-electron chi connectivity index (χ2n) is 2.31. The van der Waals surface area contributed by atoms with E-state index in [1.807, 2.05) is 0 Å². The number of hydrogen-bond acceptors (Lipinski definition) is 4. The first kappa shape index (κ1) is 7.94. The minimum atomic E-state index is -0.403. The molecule has 0 saturated carbocycles. The maximum absolute atomic E-state index is 9.06. The third-order valence-electron chi connectivity index (χ3n) is 1.43. The molecule has 2 atom stereocenters. The minimum Gasteiger partial charge on any atom is -0.389 e. The van der Waals surface area contributed by atoms with Gasteiger partial charge in [0.15, 0.2) is 6.29 Å². The van der Waals surface area contributed by atoms with Gasteiger partial charge in [-0.2, -0.15) is 0 Å². The number of β-amino-alcohol motifs (C(OH)–C–C–N with tert-alkyl or cyclic N) is 1. The number of aliphatic hydroxyl groups excluding tert-OH is 1. The molecule has 1 saturated heterocycles. The van der Waals surface area contributed by atoms with Crippen molar-refractivity contribution < 1.29 is 14.6 Å². The van der Waals surface area contributed by atoms with Gasteiger partial charge in [-0.15, -0.1) is 0 Å². The molecule has 10 heavy (non-hydrogen) atoms. The first-order valence-corrected chi connectivity index (χ1v) is 3.36. The van der Waals surface area contributed by atoms with Crippen molar-refractivity contribution in [3.8, 4) is 0 Å². The largest absolute Gasteiger partial charge is 0.389 e. The van der Waals surface area contributed by atoms with Gasteiger partial charge in [0, 0.05) is 20.2 Å². The molecular formula is C6H13NO3. The normalized spacial score (nSPS) is 35.4. The molecule has 4 heteroatoms. The Morgan fingerprint density at radius 2 is 2.40 bits per heavy atom. The molecule has 0 aliphatic carbocycles. The summed E-state index contributed by atoms with van der Waals surface area (Å²) in [5, 5.41) is 12.1.